The van der Waals surface area contributed by atoms with Crippen LogP contribution in [0.15, 0.2) is 36.4 Å². The molecule has 0 saturated heterocycles. The van der Waals surface area contributed by atoms with Crippen molar-refractivity contribution in [1.82, 2.24) is 0 Å². The van der Waals surface area contributed by atoms with Gasteiger partial charge in [0.1, 0.15) is 18.0 Å². The number of phenolic OH excluding ortho intramolecular Hbond substituents is 1. The smallest absolute Gasteiger partial charge is 0.328 e. The molecule has 0 bridgehead atoms. The van der Waals surface area contributed by atoms with E-state index in [1.165, 1.54) is 25.3 Å². The van der Waals surface area contributed by atoms with Crippen molar-refractivity contribution in [2.24, 2.45) is 0 Å². The molecule has 0 fully saturated rings. The number of methoxy groups -OCH3 is 1. The minimum Gasteiger partial charge on any atom is -0.508 e. The van der Waals surface area contributed by atoms with E-state index in [9.17, 15) is 9.90 Å². The SMILES string of the molecule is CO[C@H](/C=C/C(=O)O)[C@H](O)c1ccc(O)cc1. The second-order valence-corrected chi connectivity index (χ2v) is 3.43. The highest BCUT2D eigenvalue weighted by molar-refractivity contribution is 5.79. The van der Waals surface area contributed by atoms with Crippen molar-refractivity contribution in [2.45, 2.75) is 12.2 Å². The number of hydrogen-bond acceptors (Lipinski definition) is 4. The second kappa shape index (κ2) is 6.03. The molecule has 0 aliphatic rings. The van der Waals surface area contributed by atoms with E-state index in [0.29, 0.717) is 5.56 Å². The molecule has 3 N–H and O–H groups in total. The van der Waals surface area contributed by atoms with E-state index in [-0.39, 0.29) is 5.75 Å². The Bertz CT molecular complexity index is 396. The van der Waals surface area contributed by atoms with E-state index in [1.807, 2.05) is 0 Å². The Hall–Kier alpha value is -1.85. The summed E-state index contributed by atoms with van der Waals surface area (Å²) in [6.45, 7) is 0. The van der Waals surface area contributed by atoms with Crippen molar-refractivity contribution in [3.8, 4) is 5.75 Å². The molecule has 0 aromatic heterocycles. The first-order valence-electron chi connectivity index (χ1n) is 4.95. The van der Waals surface area contributed by atoms with Crippen molar-refractivity contribution in [1.29, 1.82) is 0 Å². The van der Waals surface area contributed by atoms with E-state index in [0.717, 1.165) is 6.08 Å². The predicted octanol–water partition coefficient (Wildman–Crippen LogP) is 1.08. The van der Waals surface area contributed by atoms with Gasteiger partial charge in [0.2, 0.25) is 0 Å². The summed E-state index contributed by atoms with van der Waals surface area (Å²) in [5.41, 5.74) is 0.532. The minimum atomic E-state index is -1.11. The van der Waals surface area contributed by atoms with Gasteiger partial charge in [0.15, 0.2) is 0 Å². The molecule has 0 heterocycles. The number of hydrogen-bond donors (Lipinski definition) is 3. The number of carbonyl (C=O) groups is 1. The van der Waals surface area contributed by atoms with Crippen LogP contribution in [0.5, 0.6) is 5.75 Å². The minimum absolute atomic E-state index is 0.0935. The van der Waals surface area contributed by atoms with Gasteiger partial charge in [-0.15, -0.1) is 0 Å². The maximum absolute atomic E-state index is 10.4. The first-order chi connectivity index (χ1) is 8.04. The Morgan fingerprint density at radius 3 is 2.41 bits per heavy atom. The fourth-order valence-electron chi connectivity index (χ4n) is 1.35. The van der Waals surface area contributed by atoms with E-state index >= 15 is 0 Å². The molecule has 92 valence electrons. The van der Waals surface area contributed by atoms with Crippen LogP contribution in [-0.4, -0.2) is 34.5 Å². The van der Waals surface area contributed by atoms with Gasteiger partial charge in [-0.25, -0.2) is 4.79 Å². The van der Waals surface area contributed by atoms with Crippen LogP contribution < -0.4 is 0 Å². The number of aliphatic hydroxyl groups excluding tert-OH is 1. The highest BCUT2D eigenvalue weighted by atomic mass is 16.5. The average Bonchev–Trinajstić information content (AvgIpc) is 2.30. The topological polar surface area (TPSA) is 87.0 Å². The lowest BCUT2D eigenvalue weighted by atomic mass is 10.0. The predicted molar refractivity (Wildman–Crippen MR) is 60.6 cm³/mol. The van der Waals surface area contributed by atoms with Crippen molar-refractivity contribution in [3.63, 3.8) is 0 Å². The summed E-state index contributed by atoms with van der Waals surface area (Å²) in [6.07, 6.45) is 0.435. The molecule has 0 amide bonds. The summed E-state index contributed by atoms with van der Waals surface area (Å²) in [4.78, 5) is 10.4. The summed E-state index contributed by atoms with van der Waals surface area (Å²) in [5, 5.41) is 27.5. The van der Waals surface area contributed by atoms with Gasteiger partial charge in [0, 0.05) is 13.2 Å². The summed E-state index contributed by atoms with van der Waals surface area (Å²) in [6, 6.07) is 5.96. The standard InChI is InChI=1S/C12H14O5/c1-17-10(6-7-11(14)15)12(16)8-2-4-9(13)5-3-8/h2-7,10,12-13,16H,1H3,(H,14,15)/b7-6+/t10-,12-/m1/s1. The Labute approximate surface area is 98.6 Å². The Morgan fingerprint density at radius 2 is 1.94 bits per heavy atom. The van der Waals surface area contributed by atoms with Crippen LogP contribution in [0.4, 0.5) is 0 Å². The van der Waals surface area contributed by atoms with E-state index < -0.39 is 18.2 Å². The molecule has 0 radical (unpaired) electrons. The van der Waals surface area contributed by atoms with Gasteiger partial charge >= 0.3 is 5.97 Å². The molecular weight excluding hydrogens is 224 g/mol. The monoisotopic (exact) mass is 238 g/mol. The summed E-state index contributed by atoms with van der Waals surface area (Å²) < 4.78 is 4.98. The van der Waals surface area contributed by atoms with Gasteiger partial charge < -0.3 is 20.1 Å². The zero-order valence-electron chi connectivity index (χ0n) is 9.28. The maximum atomic E-state index is 10.4. The number of phenols is 1. The van der Waals surface area contributed by atoms with Crippen LogP contribution in [0, 0.1) is 0 Å². The zero-order valence-corrected chi connectivity index (χ0v) is 9.28. The zero-order chi connectivity index (χ0) is 12.8. The fourth-order valence-corrected chi connectivity index (χ4v) is 1.35. The van der Waals surface area contributed by atoms with Crippen LogP contribution in [-0.2, 0) is 9.53 Å². The van der Waals surface area contributed by atoms with Crippen LogP contribution in [0.1, 0.15) is 11.7 Å². The Kier molecular flexibility index (Phi) is 4.68. The number of aliphatic carboxylic acids is 1. The van der Waals surface area contributed by atoms with Crippen molar-refractivity contribution >= 4 is 5.97 Å². The molecule has 0 unspecified atom stereocenters. The number of carboxylic acids is 1. The number of aliphatic hydroxyl groups is 1. The molecule has 1 aromatic rings. The van der Waals surface area contributed by atoms with Gasteiger partial charge in [0.05, 0.1) is 0 Å². The summed E-state index contributed by atoms with van der Waals surface area (Å²) >= 11 is 0. The third-order valence-electron chi connectivity index (χ3n) is 2.25. The second-order valence-electron chi connectivity index (χ2n) is 3.43. The first-order valence-corrected chi connectivity index (χ1v) is 4.95. The number of carboxylic acid groups (broad SMARTS) is 1. The van der Waals surface area contributed by atoms with E-state index in [4.69, 9.17) is 14.9 Å². The Balaban J connectivity index is 2.82. The third-order valence-corrected chi connectivity index (χ3v) is 2.25. The lowest BCUT2D eigenvalue weighted by Crippen LogP contribution is -2.18. The normalized spacial score (nSPS) is 14.7. The third kappa shape index (κ3) is 3.90. The molecule has 0 aliphatic heterocycles. The van der Waals surface area contributed by atoms with Crippen LogP contribution in [0.2, 0.25) is 0 Å². The molecule has 5 heteroatoms. The van der Waals surface area contributed by atoms with Gasteiger partial charge in [-0.1, -0.05) is 12.1 Å². The molecule has 0 spiro atoms. The van der Waals surface area contributed by atoms with Gasteiger partial charge in [-0.05, 0) is 23.8 Å². The largest absolute Gasteiger partial charge is 0.508 e. The quantitative estimate of drug-likeness (QED) is 0.668. The number of ether oxygens (including phenoxy) is 1. The lowest BCUT2D eigenvalue weighted by Gasteiger charge is -2.18. The highest BCUT2D eigenvalue weighted by Gasteiger charge is 2.18. The lowest BCUT2D eigenvalue weighted by molar-refractivity contribution is -0.131. The molecule has 1 aromatic carbocycles. The van der Waals surface area contributed by atoms with E-state index in [1.54, 1.807) is 12.1 Å². The Morgan fingerprint density at radius 1 is 1.35 bits per heavy atom. The first kappa shape index (κ1) is 13.2. The molecule has 1 rings (SSSR count). The summed E-state index contributed by atoms with van der Waals surface area (Å²) in [5.74, 6) is -1.01. The number of rotatable bonds is 5. The molecule has 0 saturated carbocycles. The van der Waals surface area contributed by atoms with Gasteiger partial charge in [-0.3, -0.25) is 0 Å². The average molecular weight is 238 g/mol. The number of benzene rings is 1. The fraction of sp³-hybridized carbons (Fsp3) is 0.250. The molecule has 5 nitrogen and oxygen atoms in total. The van der Waals surface area contributed by atoms with Gasteiger partial charge in [0.25, 0.3) is 0 Å². The van der Waals surface area contributed by atoms with E-state index in [2.05, 4.69) is 0 Å². The van der Waals surface area contributed by atoms with Crippen molar-refractivity contribution in [3.05, 3.63) is 42.0 Å². The van der Waals surface area contributed by atoms with Gasteiger partial charge in [-0.2, -0.15) is 0 Å². The number of aromatic hydroxyl groups is 1. The van der Waals surface area contributed by atoms with Crippen molar-refractivity contribution < 1.29 is 24.9 Å². The maximum Gasteiger partial charge on any atom is 0.328 e. The van der Waals surface area contributed by atoms with Crippen LogP contribution in [0.3, 0.4) is 0 Å². The molecule has 17 heavy (non-hydrogen) atoms. The molecule has 0 aliphatic carbocycles. The highest BCUT2D eigenvalue weighted by Crippen LogP contribution is 2.21. The molecular formula is C12H14O5. The van der Waals surface area contributed by atoms with Crippen LogP contribution in [0.25, 0.3) is 0 Å². The molecule has 2 atom stereocenters. The van der Waals surface area contributed by atoms with Crippen molar-refractivity contribution in [2.75, 3.05) is 7.11 Å². The van der Waals surface area contributed by atoms with Crippen LogP contribution >= 0.6 is 0 Å². The summed E-state index contributed by atoms with van der Waals surface area (Å²) in [7, 11) is 1.38.